The van der Waals surface area contributed by atoms with Crippen LogP contribution in [-0.4, -0.2) is 9.55 Å². The number of rotatable bonds is 1. The second kappa shape index (κ2) is 3.11. The van der Waals surface area contributed by atoms with Crippen LogP contribution < -0.4 is 0 Å². The minimum absolute atomic E-state index is 0.357. The van der Waals surface area contributed by atoms with E-state index in [-0.39, 0.29) is 0 Å². The smallest absolute Gasteiger partial charge is 0.178 e. The maximum atomic E-state index is 6.03. The average Bonchev–Trinajstić information content (AvgIpc) is 2.68. The molecule has 1 unspecified atom stereocenters. The monoisotopic (exact) mass is 252 g/mol. The van der Waals surface area contributed by atoms with Gasteiger partial charge in [0.25, 0.3) is 0 Å². The summed E-state index contributed by atoms with van der Waals surface area (Å²) in [5, 5.41) is 0.758. The van der Waals surface area contributed by atoms with Gasteiger partial charge in [0.15, 0.2) is 4.77 Å². The molecule has 1 aromatic carbocycles. The van der Waals surface area contributed by atoms with Gasteiger partial charge in [-0.2, -0.15) is 0 Å². The Bertz CT molecular complexity index is 623. The van der Waals surface area contributed by atoms with Gasteiger partial charge < -0.3 is 9.55 Å². The SMILES string of the molecule is CC1(C)CC1n1c(=S)[nH]c2ccc(Cl)cc21. The first-order chi connectivity index (χ1) is 7.49. The number of aromatic amines is 1. The highest BCUT2D eigenvalue weighted by molar-refractivity contribution is 7.71. The summed E-state index contributed by atoms with van der Waals surface area (Å²) >= 11 is 11.4. The minimum atomic E-state index is 0.357. The van der Waals surface area contributed by atoms with Crippen molar-refractivity contribution in [1.82, 2.24) is 9.55 Å². The number of H-pyrrole nitrogens is 1. The number of nitrogens with zero attached hydrogens (tertiary/aromatic N) is 1. The van der Waals surface area contributed by atoms with Crippen molar-refractivity contribution >= 4 is 34.9 Å². The van der Waals surface area contributed by atoms with Crippen LogP contribution in [0, 0.1) is 10.2 Å². The molecule has 1 aliphatic carbocycles. The molecule has 0 radical (unpaired) electrons. The fraction of sp³-hybridized carbons (Fsp3) is 0.417. The third-order valence-corrected chi connectivity index (χ3v) is 3.99. The predicted molar refractivity (Wildman–Crippen MR) is 69.6 cm³/mol. The van der Waals surface area contributed by atoms with Crippen molar-refractivity contribution in [1.29, 1.82) is 0 Å². The summed E-state index contributed by atoms with van der Waals surface area (Å²) < 4.78 is 3.00. The normalized spacial score (nSPS) is 22.6. The molecule has 84 valence electrons. The second-order valence-electron chi connectivity index (χ2n) is 5.17. The van der Waals surface area contributed by atoms with Crippen LogP contribution in [0.25, 0.3) is 11.0 Å². The van der Waals surface area contributed by atoms with Gasteiger partial charge in [0.05, 0.1) is 11.0 Å². The highest BCUT2D eigenvalue weighted by Crippen LogP contribution is 2.56. The Labute approximate surface area is 104 Å². The number of imidazole rings is 1. The molecule has 1 N–H and O–H groups in total. The van der Waals surface area contributed by atoms with Crippen LogP contribution in [0.15, 0.2) is 18.2 Å². The zero-order valence-corrected chi connectivity index (χ0v) is 10.8. The van der Waals surface area contributed by atoms with E-state index in [1.54, 1.807) is 0 Å². The number of benzene rings is 1. The third-order valence-electron chi connectivity index (χ3n) is 3.45. The molecular weight excluding hydrogens is 240 g/mol. The van der Waals surface area contributed by atoms with E-state index in [0.717, 1.165) is 20.8 Å². The number of hydrogen-bond acceptors (Lipinski definition) is 1. The summed E-state index contributed by atoms with van der Waals surface area (Å²) in [6.45, 7) is 4.53. The molecule has 2 aromatic rings. The maximum absolute atomic E-state index is 6.03. The lowest BCUT2D eigenvalue weighted by Crippen LogP contribution is -2.00. The Balaban J connectivity index is 2.27. The first-order valence-corrected chi connectivity index (χ1v) is 6.17. The lowest BCUT2D eigenvalue weighted by atomic mass is 10.2. The number of halogens is 1. The highest BCUT2D eigenvalue weighted by atomic mass is 35.5. The summed E-state index contributed by atoms with van der Waals surface area (Å²) in [4.78, 5) is 3.23. The van der Waals surface area contributed by atoms with Gasteiger partial charge in [-0.3, -0.25) is 0 Å². The van der Waals surface area contributed by atoms with Crippen molar-refractivity contribution in [3.63, 3.8) is 0 Å². The van der Waals surface area contributed by atoms with Gasteiger partial charge in [-0.15, -0.1) is 0 Å². The highest BCUT2D eigenvalue weighted by Gasteiger charge is 2.47. The topological polar surface area (TPSA) is 20.7 Å². The summed E-state index contributed by atoms with van der Waals surface area (Å²) in [6, 6.07) is 6.36. The van der Waals surface area contributed by atoms with Crippen molar-refractivity contribution < 1.29 is 0 Å². The van der Waals surface area contributed by atoms with Crippen LogP contribution in [-0.2, 0) is 0 Å². The fourth-order valence-electron chi connectivity index (χ4n) is 2.28. The van der Waals surface area contributed by atoms with Crippen molar-refractivity contribution in [2.75, 3.05) is 0 Å². The summed E-state index contributed by atoms with van der Waals surface area (Å²) in [7, 11) is 0. The molecule has 1 fully saturated rings. The standard InChI is InChI=1S/C12H13ClN2S/c1-12(2)6-10(12)15-9-5-7(13)3-4-8(9)14-11(15)16/h3-5,10H,6H2,1-2H3,(H,14,16). The molecule has 1 atom stereocenters. The molecule has 1 heterocycles. The molecule has 0 saturated heterocycles. The fourth-order valence-corrected chi connectivity index (χ4v) is 2.79. The molecule has 0 bridgehead atoms. The molecular formula is C12H13ClN2S. The molecule has 2 nitrogen and oxygen atoms in total. The number of aromatic nitrogens is 2. The van der Waals surface area contributed by atoms with E-state index in [0.29, 0.717) is 11.5 Å². The van der Waals surface area contributed by atoms with E-state index in [1.165, 1.54) is 6.42 Å². The Morgan fingerprint density at radius 1 is 1.50 bits per heavy atom. The zero-order valence-electron chi connectivity index (χ0n) is 9.25. The van der Waals surface area contributed by atoms with Crippen LogP contribution in [0.5, 0.6) is 0 Å². The molecule has 0 aliphatic heterocycles. The first kappa shape index (κ1) is 10.4. The summed E-state index contributed by atoms with van der Waals surface area (Å²) in [5.41, 5.74) is 2.54. The van der Waals surface area contributed by atoms with Crippen LogP contribution in [0.3, 0.4) is 0 Å². The average molecular weight is 253 g/mol. The van der Waals surface area contributed by atoms with E-state index in [4.69, 9.17) is 23.8 Å². The Morgan fingerprint density at radius 2 is 2.19 bits per heavy atom. The van der Waals surface area contributed by atoms with Crippen molar-refractivity contribution in [3.8, 4) is 0 Å². The molecule has 0 amide bonds. The number of nitrogens with one attached hydrogen (secondary N) is 1. The Hall–Kier alpha value is -0.800. The van der Waals surface area contributed by atoms with Crippen LogP contribution in [0.1, 0.15) is 26.3 Å². The molecule has 1 saturated carbocycles. The lowest BCUT2D eigenvalue weighted by Gasteiger charge is -2.06. The van der Waals surface area contributed by atoms with E-state index in [9.17, 15) is 0 Å². The van der Waals surface area contributed by atoms with Gasteiger partial charge in [0, 0.05) is 11.1 Å². The quantitative estimate of drug-likeness (QED) is 0.750. The van der Waals surface area contributed by atoms with Gasteiger partial charge in [0.2, 0.25) is 0 Å². The summed E-state index contributed by atoms with van der Waals surface area (Å²) in [5.74, 6) is 0. The van der Waals surface area contributed by atoms with E-state index in [1.807, 2.05) is 18.2 Å². The third kappa shape index (κ3) is 1.42. The van der Waals surface area contributed by atoms with Gasteiger partial charge >= 0.3 is 0 Å². The molecule has 16 heavy (non-hydrogen) atoms. The van der Waals surface area contributed by atoms with Gasteiger partial charge in [0.1, 0.15) is 0 Å². The zero-order chi connectivity index (χ0) is 11.5. The molecule has 4 heteroatoms. The van der Waals surface area contributed by atoms with Gasteiger partial charge in [-0.05, 0) is 42.3 Å². The minimum Gasteiger partial charge on any atom is -0.331 e. The lowest BCUT2D eigenvalue weighted by molar-refractivity contribution is 0.546. The van der Waals surface area contributed by atoms with Gasteiger partial charge in [-0.1, -0.05) is 25.4 Å². The number of fused-ring (bicyclic) bond motifs is 1. The van der Waals surface area contributed by atoms with Crippen LogP contribution >= 0.6 is 23.8 Å². The Morgan fingerprint density at radius 3 is 2.81 bits per heavy atom. The van der Waals surface area contributed by atoms with Crippen molar-refractivity contribution in [3.05, 3.63) is 28.0 Å². The van der Waals surface area contributed by atoms with E-state index < -0.39 is 0 Å². The van der Waals surface area contributed by atoms with E-state index >= 15 is 0 Å². The largest absolute Gasteiger partial charge is 0.331 e. The predicted octanol–water partition coefficient (Wildman–Crippen LogP) is 4.32. The van der Waals surface area contributed by atoms with Crippen molar-refractivity contribution in [2.45, 2.75) is 26.3 Å². The van der Waals surface area contributed by atoms with Crippen LogP contribution in [0.2, 0.25) is 5.02 Å². The van der Waals surface area contributed by atoms with Crippen LogP contribution in [0.4, 0.5) is 0 Å². The van der Waals surface area contributed by atoms with Crippen molar-refractivity contribution in [2.24, 2.45) is 5.41 Å². The summed E-state index contributed by atoms with van der Waals surface area (Å²) in [6.07, 6.45) is 1.18. The number of hydrogen-bond donors (Lipinski definition) is 1. The molecule has 1 aliphatic rings. The molecule has 0 spiro atoms. The van der Waals surface area contributed by atoms with E-state index in [2.05, 4.69) is 23.4 Å². The molecule has 1 aromatic heterocycles. The first-order valence-electron chi connectivity index (χ1n) is 5.39. The maximum Gasteiger partial charge on any atom is 0.178 e. The Kier molecular flexibility index (Phi) is 2.01. The molecule has 3 rings (SSSR count). The van der Waals surface area contributed by atoms with Gasteiger partial charge in [-0.25, -0.2) is 0 Å². The second-order valence-corrected chi connectivity index (χ2v) is 5.99.